The van der Waals surface area contributed by atoms with Crippen LogP contribution in [0.15, 0.2) is 12.4 Å². The fourth-order valence-corrected chi connectivity index (χ4v) is 2.11. The summed E-state index contributed by atoms with van der Waals surface area (Å²) in [5.41, 5.74) is 0.407. The molecule has 0 bridgehead atoms. The van der Waals surface area contributed by atoms with E-state index in [-0.39, 0.29) is 6.09 Å². The van der Waals surface area contributed by atoms with Crippen LogP contribution < -0.4 is 0 Å². The largest absolute Gasteiger partial charge is 0.444 e. The SMILES string of the molecule is CN(Cc1cnc(Cl)cn1)C1CN(C(=O)OC(C)(C)C)C1. The number of amides is 1. The molecule has 0 spiro atoms. The van der Waals surface area contributed by atoms with Crippen LogP contribution in [0.25, 0.3) is 0 Å². The Morgan fingerprint density at radius 2 is 2.10 bits per heavy atom. The third-order valence-electron chi connectivity index (χ3n) is 3.22. The quantitative estimate of drug-likeness (QED) is 0.856. The predicted molar refractivity (Wildman–Crippen MR) is 80.1 cm³/mol. The lowest BCUT2D eigenvalue weighted by atomic mass is 10.1. The molecule has 0 atom stereocenters. The average molecular weight is 313 g/mol. The summed E-state index contributed by atoms with van der Waals surface area (Å²) >= 11 is 5.71. The Morgan fingerprint density at radius 1 is 1.43 bits per heavy atom. The van der Waals surface area contributed by atoms with Crippen molar-refractivity contribution in [3.05, 3.63) is 23.2 Å². The minimum absolute atomic E-state index is 0.251. The van der Waals surface area contributed by atoms with E-state index in [2.05, 4.69) is 14.9 Å². The van der Waals surface area contributed by atoms with Crippen LogP contribution in [0.1, 0.15) is 26.5 Å². The molecular weight excluding hydrogens is 292 g/mol. The van der Waals surface area contributed by atoms with Crippen LogP contribution in [0.5, 0.6) is 0 Å². The van der Waals surface area contributed by atoms with Crippen LogP contribution in [0.2, 0.25) is 5.15 Å². The highest BCUT2D eigenvalue weighted by Gasteiger charge is 2.35. The molecule has 0 unspecified atom stereocenters. The Labute approximate surface area is 130 Å². The number of likely N-dealkylation sites (N-methyl/N-ethyl adjacent to an activating group) is 1. The monoisotopic (exact) mass is 312 g/mol. The van der Waals surface area contributed by atoms with Gasteiger partial charge in [-0.25, -0.2) is 9.78 Å². The van der Waals surface area contributed by atoms with E-state index in [1.54, 1.807) is 17.3 Å². The van der Waals surface area contributed by atoms with E-state index in [9.17, 15) is 4.79 Å². The Bertz CT molecular complexity index is 495. The topological polar surface area (TPSA) is 58.6 Å². The van der Waals surface area contributed by atoms with Gasteiger partial charge in [0.1, 0.15) is 10.8 Å². The minimum Gasteiger partial charge on any atom is -0.444 e. The maximum absolute atomic E-state index is 11.9. The van der Waals surface area contributed by atoms with Gasteiger partial charge in [-0.2, -0.15) is 0 Å². The van der Waals surface area contributed by atoms with Crippen molar-refractivity contribution in [1.29, 1.82) is 0 Å². The lowest BCUT2D eigenvalue weighted by Crippen LogP contribution is -2.60. The standard InChI is InChI=1S/C14H21ClN4O2/c1-14(2,3)21-13(20)19-8-11(9-19)18(4)7-10-5-17-12(15)6-16-10/h5-6,11H,7-9H2,1-4H3. The van der Waals surface area contributed by atoms with Crippen molar-refractivity contribution >= 4 is 17.7 Å². The number of rotatable bonds is 3. The zero-order valence-corrected chi connectivity index (χ0v) is 13.6. The fourth-order valence-electron chi connectivity index (χ4n) is 2.01. The Morgan fingerprint density at radius 3 is 2.62 bits per heavy atom. The van der Waals surface area contributed by atoms with Crippen LogP contribution in [-0.4, -0.2) is 57.6 Å². The van der Waals surface area contributed by atoms with E-state index >= 15 is 0 Å². The molecule has 1 amide bonds. The van der Waals surface area contributed by atoms with E-state index in [0.29, 0.717) is 30.8 Å². The third-order valence-corrected chi connectivity index (χ3v) is 3.42. The summed E-state index contributed by atoms with van der Waals surface area (Å²) in [6, 6.07) is 0.315. The Hall–Kier alpha value is -1.40. The first kappa shape index (κ1) is 16.0. The zero-order chi connectivity index (χ0) is 15.6. The van der Waals surface area contributed by atoms with E-state index in [0.717, 1.165) is 5.69 Å². The Kier molecular flexibility index (Phi) is 4.68. The first-order valence-electron chi connectivity index (χ1n) is 6.89. The molecular formula is C14H21ClN4O2. The third kappa shape index (κ3) is 4.54. The highest BCUT2D eigenvalue weighted by Crippen LogP contribution is 2.19. The Balaban J connectivity index is 1.78. The van der Waals surface area contributed by atoms with Gasteiger partial charge < -0.3 is 9.64 Å². The summed E-state index contributed by atoms with van der Waals surface area (Å²) in [6.07, 6.45) is 2.96. The van der Waals surface area contributed by atoms with Crippen LogP contribution in [0, 0.1) is 0 Å². The molecule has 2 rings (SSSR count). The summed E-state index contributed by atoms with van der Waals surface area (Å²) in [4.78, 5) is 23.9. The molecule has 0 saturated carbocycles. The first-order valence-corrected chi connectivity index (χ1v) is 7.27. The first-order chi connectivity index (χ1) is 9.74. The molecule has 1 saturated heterocycles. The molecule has 21 heavy (non-hydrogen) atoms. The molecule has 0 aromatic carbocycles. The molecule has 116 valence electrons. The fraction of sp³-hybridized carbons (Fsp3) is 0.643. The van der Waals surface area contributed by atoms with Gasteiger partial charge >= 0.3 is 6.09 Å². The number of likely N-dealkylation sites (tertiary alicyclic amines) is 1. The molecule has 0 radical (unpaired) electrons. The van der Waals surface area contributed by atoms with Gasteiger partial charge in [-0.1, -0.05) is 11.6 Å². The van der Waals surface area contributed by atoms with Crippen molar-refractivity contribution in [2.75, 3.05) is 20.1 Å². The van der Waals surface area contributed by atoms with Gasteiger partial charge in [-0.3, -0.25) is 9.88 Å². The molecule has 1 aromatic rings. The van der Waals surface area contributed by atoms with Crippen molar-refractivity contribution in [3.8, 4) is 0 Å². The summed E-state index contributed by atoms with van der Waals surface area (Å²) in [5.74, 6) is 0. The van der Waals surface area contributed by atoms with Crippen molar-refractivity contribution in [2.24, 2.45) is 0 Å². The number of hydrogen-bond acceptors (Lipinski definition) is 5. The predicted octanol–water partition coefficient (Wildman–Crippen LogP) is 2.18. The zero-order valence-electron chi connectivity index (χ0n) is 12.8. The highest BCUT2D eigenvalue weighted by molar-refractivity contribution is 6.29. The van der Waals surface area contributed by atoms with Gasteiger partial charge in [0.2, 0.25) is 0 Å². The van der Waals surface area contributed by atoms with Gasteiger partial charge in [0.05, 0.1) is 18.1 Å². The van der Waals surface area contributed by atoms with Crippen LogP contribution in [-0.2, 0) is 11.3 Å². The van der Waals surface area contributed by atoms with E-state index < -0.39 is 5.60 Å². The maximum atomic E-state index is 11.9. The van der Waals surface area contributed by atoms with Gasteiger partial charge in [0.15, 0.2) is 0 Å². The molecule has 2 heterocycles. The number of carbonyl (C=O) groups is 1. The van der Waals surface area contributed by atoms with E-state index in [4.69, 9.17) is 16.3 Å². The molecule has 6 nitrogen and oxygen atoms in total. The van der Waals surface area contributed by atoms with Gasteiger partial charge in [-0.05, 0) is 27.8 Å². The van der Waals surface area contributed by atoms with Gasteiger partial charge in [0, 0.05) is 25.7 Å². The van der Waals surface area contributed by atoms with Crippen molar-refractivity contribution < 1.29 is 9.53 Å². The second-order valence-corrected chi connectivity index (χ2v) is 6.67. The highest BCUT2D eigenvalue weighted by atomic mass is 35.5. The summed E-state index contributed by atoms with van der Waals surface area (Å²) in [5, 5.41) is 0.390. The normalized spacial score (nSPS) is 16.0. The lowest BCUT2D eigenvalue weighted by Gasteiger charge is -2.43. The molecule has 7 heteroatoms. The summed E-state index contributed by atoms with van der Waals surface area (Å²) in [7, 11) is 2.01. The molecule has 1 aliphatic rings. The molecule has 1 fully saturated rings. The minimum atomic E-state index is -0.451. The van der Waals surface area contributed by atoms with Crippen molar-refractivity contribution in [1.82, 2.24) is 19.8 Å². The van der Waals surface area contributed by atoms with Crippen molar-refractivity contribution in [3.63, 3.8) is 0 Å². The average Bonchev–Trinajstić information content (AvgIpc) is 2.27. The maximum Gasteiger partial charge on any atom is 0.410 e. The molecule has 0 N–H and O–H groups in total. The second kappa shape index (κ2) is 6.15. The number of halogens is 1. The van der Waals surface area contributed by atoms with E-state index in [1.807, 2.05) is 27.8 Å². The number of hydrogen-bond donors (Lipinski definition) is 0. The summed E-state index contributed by atoms with van der Waals surface area (Å²) < 4.78 is 5.33. The lowest BCUT2D eigenvalue weighted by molar-refractivity contribution is -0.0122. The molecule has 0 aliphatic carbocycles. The smallest absolute Gasteiger partial charge is 0.410 e. The van der Waals surface area contributed by atoms with Gasteiger partial charge in [0.25, 0.3) is 0 Å². The van der Waals surface area contributed by atoms with Crippen LogP contribution in [0.3, 0.4) is 0 Å². The number of aromatic nitrogens is 2. The van der Waals surface area contributed by atoms with E-state index in [1.165, 1.54) is 0 Å². The van der Waals surface area contributed by atoms with Crippen LogP contribution in [0.4, 0.5) is 4.79 Å². The number of nitrogens with zero attached hydrogens (tertiary/aromatic N) is 4. The van der Waals surface area contributed by atoms with Crippen LogP contribution >= 0.6 is 11.6 Å². The summed E-state index contributed by atoms with van der Waals surface area (Å²) in [6.45, 7) is 7.63. The molecule has 1 aromatic heterocycles. The van der Waals surface area contributed by atoms with Crippen molar-refractivity contribution in [2.45, 2.75) is 39.0 Å². The number of ether oxygens (including phenoxy) is 1. The van der Waals surface area contributed by atoms with Gasteiger partial charge in [-0.15, -0.1) is 0 Å². The second-order valence-electron chi connectivity index (χ2n) is 6.28. The molecule has 1 aliphatic heterocycles. The number of carbonyl (C=O) groups excluding carboxylic acids is 1.